The molecule has 11 heteroatoms. The molecule has 0 spiro atoms. The molecular formula is C38H39FN8O2. The highest BCUT2D eigenvalue weighted by Crippen LogP contribution is 2.36. The number of ether oxygens (including phenoxy) is 1. The molecule has 2 aromatic carbocycles. The molecule has 0 radical (unpaired) electrons. The van der Waals surface area contributed by atoms with E-state index in [1.165, 1.54) is 25.0 Å². The third-order valence-corrected chi connectivity index (χ3v) is 9.67. The number of H-pyrrole nitrogens is 2. The maximum Gasteiger partial charge on any atom is 0.224 e. The number of rotatable bonds is 10. The first kappa shape index (κ1) is 31.2. The van der Waals surface area contributed by atoms with E-state index in [9.17, 15) is 9.18 Å². The number of benzene rings is 2. The Bertz CT molecular complexity index is 2110. The van der Waals surface area contributed by atoms with Crippen molar-refractivity contribution in [2.75, 3.05) is 44.6 Å². The Balaban J connectivity index is 1.05. The summed E-state index contributed by atoms with van der Waals surface area (Å²) in [6, 6.07) is 16.8. The van der Waals surface area contributed by atoms with Crippen molar-refractivity contribution in [2.24, 2.45) is 5.92 Å². The number of nitrogens with one attached hydrogen (secondary N) is 4. The van der Waals surface area contributed by atoms with Crippen LogP contribution >= 0.6 is 0 Å². The summed E-state index contributed by atoms with van der Waals surface area (Å²) in [5.41, 5.74) is 7.14. The van der Waals surface area contributed by atoms with Crippen LogP contribution in [0.15, 0.2) is 73.2 Å². The Labute approximate surface area is 283 Å². The summed E-state index contributed by atoms with van der Waals surface area (Å²) in [6.07, 6.45) is 10.2. The first-order chi connectivity index (χ1) is 24.1. The maximum absolute atomic E-state index is 14.8. The largest absolute Gasteiger partial charge is 0.492 e. The lowest BCUT2D eigenvalue weighted by atomic mass is 9.94. The van der Waals surface area contributed by atoms with Crippen LogP contribution in [0, 0.1) is 11.7 Å². The van der Waals surface area contributed by atoms with Gasteiger partial charge in [-0.3, -0.25) is 24.8 Å². The molecule has 2 saturated heterocycles. The van der Waals surface area contributed by atoms with Gasteiger partial charge in [-0.1, -0.05) is 6.07 Å². The highest BCUT2D eigenvalue weighted by molar-refractivity contribution is 6.01. The third-order valence-electron chi connectivity index (χ3n) is 9.67. The molecule has 0 atom stereocenters. The van der Waals surface area contributed by atoms with Gasteiger partial charge in [-0.2, -0.15) is 5.10 Å². The number of anilines is 1. The molecule has 0 aliphatic carbocycles. The van der Waals surface area contributed by atoms with Crippen molar-refractivity contribution in [3.05, 3.63) is 79.0 Å². The van der Waals surface area contributed by atoms with E-state index in [-0.39, 0.29) is 11.7 Å². The predicted molar refractivity (Wildman–Crippen MR) is 190 cm³/mol. The lowest BCUT2D eigenvalue weighted by Crippen LogP contribution is -2.30. The summed E-state index contributed by atoms with van der Waals surface area (Å²) < 4.78 is 20.8. The Morgan fingerprint density at radius 2 is 1.78 bits per heavy atom. The Morgan fingerprint density at radius 3 is 2.65 bits per heavy atom. The van der Waals surface area contributed by atoms with Crippen LogP contribution in [-0.4, -0.2) is 75.3 Å². The second-order valence-electron chi connectivity index (χ2n) is 13.1. The van der Waals surface area contributed by atoms with Crippen molar-refractivity contribution in [1.29, 1.82) is 0 Å². The first-order valence-corrected chi connectivity index (χ1v) is 17.1. The zero-order chi connectivity index (χ0) is 33.2. The molecule has 4 aromatic heterocycles. The van der Waals surface area contributed by atoms with E-state index < -0.39 is 0 Å². The summed E-state index contributed by atoms with van der Waals surface area (Å²) >= 11 is 0. The molecule has 2 aliphatic heterocycles. The van der Waals surface area contributed by atoms with Crippen LogP contribution in [0.25, 0.3) is 55.6 Å². The number of hydrogen-bond acceptors (Lipinski definition) is 7. The molecule has 49 heavy (non-hydrogen) atoms. The topological polar surface area (TPSA) is 124 Å². The minimum Gasteiger partial charge on any atom is -0.492 e. The molecule has 2 aliphatic rings. The summed E-state index contributed by atoms with van der Waals surface area (Å²) in [7, 11) is 0. The van der Waals surface area contributed by atoms with E-state index in [1.54, 1.807) is 18.6 Å². The van der Waals surface area contributed by atoms with Crippen LogP contribution in [0.5, 0.6) is 5.75 Å². The van der Waals surface area contributed by atoms with Gasteiger partial charge in [0.05, 0.1) is 28.8 Å². The minimum atomic E-state index is -0.367. The smallest absolute Gasteiger partial charge is 0.224 e. The molecule has 1 amide bonds. The van der Waals surface area contributed by atoms with Gasteiger partial charge >= 0.3 is 0 Å². The first-order valence-electron chi connectivity index (χ1n) is 17.1. The lowest BCUT2D eigenvalue weighted by Gasteiger charge is -2.21. The molecule has 2 fully saturated rings. The highest BCUT2D eigenvalue weighted by atomic mass is 19.1. The van der Waals surface area contributed by atoms with Gasteiger partial charge in [0.25, 0.3) is 0 Å². The van der Waals surface area contributed by atoms with Gasteiger partial charge in [0.15, 0.2) is 0 Å². The third kappa shape index (κ3) is 6.90. The van der Waals surface area contributed by atoms with E-state index >= 15 is 0 Å². The number of carbonyl (C=O) groups excluding carboxylic acids is 1. The van der Waals surface area contributed by atoms with Crippen molar-refractivity contribution in [3.8, 4) is 39.5 Å². The van der Waals surface area contributed by atoms with Crippen molar-refractivity contribution in [2.45, 2.75) is 32.1 Å². The van der Waals surface area contributed by atoms with Crippen molar-refractivity contribution in [1.82, 2.24) is 35.4 Å². The van der Waals surface area contributed by atoms with Crippen LogP contribution < -0.4 is 15.4 Å². The summed E-state index contributed by atoms with van der Waals surface area (Å²) in [6.45, 7) is 5.46. The highest BCUT2D eigenvalue weighted by Gasteiger charge is 2.19. The molecule has 6 heterocycles. The molecule has 0 saturated carbocycles. The Morgan fingerprint density at radius 1 is 0.918 bits per heavy atom. The van der Waals surface area contributed by atoms with Gasteiger partial charge in [0.2, 0.25) is 5.91 Å². The van der Waals surface area contributed by atoms with Crippen LogP contribution in [0.1, 0.15) is 32.1 Å². The fourth-order valence-corrected chi connectivity index (χ4v) is 7.12. The number of nitrogens with zero attached hydrogens (tertiary/aromatic N) is 4. The molecule has 10 nitrogen and oxygen atoms in total. The zero-order valence-electron chi connectivity index (χ0n) is 27.3. The molecule has 8 rings (SSSR count). The second kappa shape index (κ2) is 13.8. The molecule has 0 unspecified atom stereocenters. The zero-order valence-corrected chi connectivity index (χ0v) is 27.3. The average molecular weight is 659 g/mol. The standard InChI is InChI=1S/C38H39FN8O2/c39-28-16-26(18-30(20-28)49-14-13-47-11-1-2-12-47)37-32-21-35(44-33(32)7-10-42-37)38-31-19-25(3-4-34(31)45-46-38)27-17-29(23-41-22-27)43-36(48)15-24-5-8-40-9-6-24/h3-4,7,10,16-24,40,44H,1-2,5-6,8-9,11-15H2,(H,43,48)(H,45,46). The SMILES string of the molecule is O=C(CC1CCNCC1)Nc1cncc(-c2ccc3[nH]nc(-c4cc5c(-c6cc(F)cc(OCCN7CCCC7)c6)nccc5[nH]4)c3c2)c1. The molecular weight excluding hydrogens is 619 g/mol. The van der Waals surface area contributed by atoms with Crippen molar-refractivity contribution in [3.63, 3.8) is 0 Å². The van der Waals surface area contributed by atoms with E-state index in [4.69, 9.17) is 4.74 Å². The van der Waals surface area contributed by atoms with Crippen LogP contribution in [-0.2, 0) is 4.79 Å². The fourth-order valence-electron chi connectivity index (χ4n) is 7.12. The van der Waals surface area contributed by atoms with E-state index in [0.717, 1.165) is 89.9 Å². The Hall–Kier alpha value is -5.13. The molecule has 4 N–H and O–H groups in total. The van der Waals surface area contributed by atoms with Gasteiger partial charge in [-0.15, -0.1) is 0 Å². The number of fused-ring (bicyclic) bond motifs is 2. The number of carbonyl (C=O) groups is 1. The van der Waals surface area contributed by atoms with Crippen LogP contribution in [0.3, 0.4) is 0 Å². The summed E-state index contributed by atoms with van der Waals surface area (Å²) in [5.74, 6) is 0.555. The van der Waals surface area contributed by atoms with Crippen molar-refractivity contribution < 1.29 is 13.9 Å². The van der Waals surface area contributed by atoms with Gasteiger partial charge in [-0.25, -0.2) is 4.39 Å². The number of aromatic amines is 2. The number of halogens is 1. The average Bonchev–Trinajstić information content (AvgIpc) is 3.88. The van der Waals surface area contributed by atoms with Crippen LogP contribution in [0.4, 0.5) is 10.1 Å². The number of likely N-dealkylation sites (tertiary alicyclic amines) is 1. The quantitative estimate of drug-likeness (QED) is 0.128. The van der Waals surface area contributed by atoms with Gasteiger partial charge in [0, 0.05) is 58.8 Å². The normalized spacial score (nSPS) is 15.7. The fraction of sp³-hybridized carbons (Fsp3) is 0.316. The van der Waals surface area contributed by atoms with E-state index in [2.05, 4.69) is 46.7 Å². The van der Waals surface area contributed by atoms with Gasteiger partial charge < -0.3 is 20.4 Å². The second-order valence-corrected chi connectivity index (χ2v) is 13.1. The maximum atomic E-state index is 14.8. The number of pyridine rings is 2. The lowest BCUT2D eigenvalue weighted by molar-refractivity contribution is -0.117. The molecule has 250 valence electrons. The number of hydrogen-bond donors (Lipinski definition) is 4. The number of amides is 1. The number of aromatic nitrogens is 5. The molecule has 0 bridgehead atoms. The Kier molecular flexibility index (Phi) is 8.76. The monoisotopic (exact) mass is 658 g/mol. The predicted octanol–water partition coefficient (Wildman–Crippen LogP) is 6.78. The van der Waals surface area contributed by atoms with E-state index in [1.807, 2.05) is 36.4 Å². The molecule has 6 aromatic rings. The number of piperidine rings is 1. The van der Waals surface area contributed by atoms with Gasteiger partial charge in [-0.05, 0) is 106 Å². The van der Waals surface area contributed by atoms with Crippen LogP contribution in [0.2, 0.25) is 0 Å². The summed E-state index contributed by atoms with van der Waals surface area (Å²) in [4.78, 5) is 27.7. The summed E-state index contributed by atoms with van der Waals surface area (Å²) in [5, 5.41) is 16.0. The van der Waals surface area contributed by atoms with E-state index in [0.29, 0.717) is 41.6 Å². The van der Waals surface area contributed by atoms with Crippen molar-refractivity contribution >= 4 is 33.4 Å². The van der Waals surface area contributed by atoms with Gasteiger partial charge in [0.1, 0.15) is 23.9 Å². The minimum absolute atomic E-state index is 0.0191.